The summed E-state index contributed by atoms with van der Waals surface area (Å²) in [5, 5.41) is 2.65. The lowest BCUT2D eigenvalue weighted by Crippen LogP contribution is -2.55. The summed E-state index contributed by atoms with van der Waals surface area (Å²) < 4.78 is 18.2. The number of benzene rings is 1. The average Bonchev–Trinajstić information content (AvgIpc) is 3.22. The van der Waals surface area contributed by atoms with Gasteiger partial charge >= 0.3 is 0 Å². The molecule has 1 atom stereocenters. The first-order chi connectivity index (χ1) is 13.4. The van der Waals surface area contributed by atoms with Gasteiger partial charge in [-0.05, 0) is 37.3 Å². The van der Waals surface area contributed by atoms with Gasteiger partial charge < -0.3 is 19.5 Å². The summed E-state index contributed by atoms with van der Waals surface area (Å²) >= 11 is 5.96. The van der Waals surface area contributed by atoms with Gasteiger partial charge in [0, 0.05) is 26.2 Å². The predicted octanol–water partition coefficient (Wildman–Crippen LogP) is 2.17. The van der Waals surface area contributed by atoms with Crippen molar-refractivity contribution < 1.29 is 23.2 Å². The van der Waals surface area contributed by atoms with E-state index >= 15 is 0 Å². The van der Waals surface area contributed by atoms with Gasteiger partial charge in [-0.1, -0.05) is 11.6 Å². The Morgan fingerprint density at radius 2 is 1.82 bits per heavy atom. The number of carbonyl (C=O) groups is 3. The molecule has 2 heterocycles. The second-order valence-corrected chi connectivity index (χ2v) is 6.82. The highest BCUT2D eigenvalue weighted by molar-refractivity contribution is 6.33. The summed E-state index contributed by atoms with van der Waals surface area (Å²) in [7, 11) is 0. The Morgan fingerprint density at radius 1 is 1.14 bits per heavy atom. The van der Waals surface area contributed by atoms with Crippen LogP contribution in [0.3, 0.4) is 0 Å². The van der Waals surface area contributed by atoms with Gasteiger partial charge in [0.15, 0.2) is 5.76 Å². The highest BCUT2D eigenvalue weighted by Gasteiger charge is 2.29. The Morgan fingerprint density at radius 3 is 2.43 bits per heavy atom. The quantitative estimate of drug-likeness (QED) is 0.842. The lowest BCUT2D eigenvalue weighted by molar-refractivity contribution is -0.134. The molecular weight excluding hydrogens is 389 g/mol. The smallest absolute Gasteiger partial charge is 0.287 e. The van der Waals surface area contributed by atoms with Crippen LogP contribution in [-0.4, -0.2) is 59.7 Å². The second kappa shape index (κ2) is 8.43. The molecule has 1 aliphatic rings. The number of amides is 3. The van der Waals surface area contributed by atoms with Crippen LogP contribution in [0, 0.1) is 5.82 Å². The standard InChI is InChI=1S/C19H19ClFN3O4/c1-12(22-17(25)16-3-2-10-28-16)18(26)23-6-8-24(9-7-23)19(27)14-5-4-13(21)11-15(14)20/h2-5,10-12H,6-9H2,1H3,(H,22,25). The van der Waals surface area contributed by atoms with E-state index in [0.717, 1.165) is 6.07 Å². The number of piperazine rings is 1. The molecule has 7 nitrogen and oxygen atoms in total. The molecular formula is C19H19ClFN3O4. The molecule has 0 spiro atoms. The minimum Gasteiger partial charge on any atom is -0.459 e. The molecule has 0 aliphatic carbocycles. The van der Waals surface area contributed by atoms with Crippen molar-refractivity contribution in [2.75, 3.05) is 26.2 Å². The molecule has 1 N–H and O–H groups in total. The summed E-state index contributed by atoms with van der Waals surface area (Å²) in [5.74, 6) is -1.40. The maximum absolute atomic E-state index is 13.2. The number of hydrogen-bond acceptors (Lipinski definition) is 4. The van der Waals surface area contributed by atoms with Crippen molar-refractivity contribution in [2.24, 2.45) is 0 Å². The maximum atomic E-state index is 13.2. The summed E-state index contributed by atoms with van der Waals surface area (Å²) in [6.07, 6.45) is 1.38. The lowest BCUT2D eigenvalue weighted by atomic mass is 10.1. The van der Waals surface area contributed by atoms with Gasteiger partial charge in [-0.2, -0.15) is 0 Å². The van der Waals surface area contributed by atoms with Crippen LogP contribution in [0.25, 0.3) is 0 Å². The normalized spacial score (nSPS) is 15.2. The average molecular weight is 408 g/mol. The molecule has 0 radical (unpaired) electrons. The fraction of sp³-hybridized carbons (Fsp3) is 0.316. The van der Waals surface area contributed by atoms with Gasteiger partial charge in [0.05, 0.1) is 16.8 Å². The Labute approximate surface area is 166 Å². The third kappa shape index (κ3) is 4.33. The molecule has 3 rings (SSSR count). The number of carbonyl (C=O) groups excluding carboxylic acids is 3. The van der Waals surface area contributed by atoms with Crippen LogP contribution in [0.2, 0.25) is 5.02 Å². The van der Waals surface area contributed by atoms with Crippen LogP contribution in [0.4, 0.5) is 4.39 Å². The molecule has 148 valence electrons. The Hall–Kier alpha value is -2.87. The summed E-state index contributed by atoms with van der Waals surface area (Å²) in [5.41, 5.74) is 0.224. The number of nitrogens with one attached hydrogen (secondary N) is 1. The Kier molecular flexibility index (Phi) is 5.99. The highest BCUT2D eigenvalue weighted by atomic mass is 35.5. The molecule has 1 aromatic heterocycles. The lowest BCUT2D eigenvalue weighted by Gasteiger charge is -2.36. The fourth-order valence-corrected chi connectivity index (χ4v) is 3.22. The van der Waals surface area contributed by atoms with E-state index in [1.165, 1.54) is 24.5 Å². The number of halogens is 2. The maximum Gasteiger partial charge on any atom is 0.287 e. The van der Waals surface area contributed by atoms with Crippen molar-refractivity contribution in [1.29, 1.82) is 0 Å². The molecule has 2 aromatic rings. The Balaban J connectivity index is 1.54. The highest BCUT2D eigenvalue weighted by Crippen LogP contribution is 2.20. The van der Waals surface area contributed by atoms with Gasteiger partial charge in [0.25, 0.3) is 11.8 Å². The number of nitrogens with zero attached hydrogens (tertiary/aromatic N) is 2. The molecule has 1 unspecified atom stereocenters. The third-order valence-electron chi connectivity index (χ3n) is 4.50. The minimum atomic E-state index is -0.730. The van der Waals surface area contributed by atoms with Gasteiger partial charge in [0.2, 0.25) is 5.91 Å². The van der Waals surface area contributed by atoms with Crippen LogP contribution in [0.5, 0.6) is 0 Å². The topological polar surface area (TPSA) is 82.9 Å². The molecule has 0 bridgehead atoms. The van der Waals surface area contributed by atoms with Crippen LogP contribution < -0.4 is 5.32 Å². The predicted molar refractivity (Wildman–Crippen MR) is 99.5 cm³/mol. The Bertz CT molecular complexity index is 879. The van der Waals surface area contributed by atoms with E-state index < -0.39 is 17.8 Å². The fourth-order valence-electron chi connectivity index (χ4n) is 2.97. The van der Waals surface area contributed by atoms with Crippen molar-refractivity contribution in [3.63, 3.8) is 0 Å². The summed E-state index contributed by atoms with van der Waals surface area (Å²) in [6, 6.07) is 6.00. The van der Waals surface area contributed by atoms with E-state index in [1.807, 2.05) is 0 Å². The summed E-state index contributed by atoms with van der Waals surface area (Å²) in [6.45, 7) is 2.88. The molecule has 1 fully saturated rings. The molecule has 1 saturated heterocycles. The molecule has 28 heavy (non-hydrogen) atoms. The van der Waals surface area contributed by atoms with Gasteiger partial charge in [-0.3, -0.25) is 14.4 Å². The first-order valence-corrected chi connectivity index (χ1v) is 9.12. The second-order valence-electron chi connectivity index (χ2n) is 6.41. The van der Waals surface area contributed by atoms with Crippen LogP contribution in [0.1, 0.15) is 27.8 Å². The zero-order valence-corrected chi connectivity index (χ0v) is 15.9. The van der Waals surface area contributed by atoms with Crippen LogP contribution in [0.15, 0.2) is 41.0 Å². The SMILES string of the molecule is CC(NC(=O)c1ccco1)C(=O)N1CCN(C(=O)c2ccc(F)cc2Cl)CC1. The zero-order valence-electron chi connectivity index (χ0n) is 15.2. The first-order valence-electron chi connectivity index (χ1n) is 8.74. The molecule has 1 aromatic carbocycles. The molecule has 3 amide bonds. The van der Waals surface area contributed by atoms with Crippen molar-refractivity contribution in [2.45, 2.75) is 13.0 Å². The van der Waals surface area contributed by atoms with E-state index in [2.05, 4.69) is 5.32 Å². The van der Waals surface area contributed by atoms with Crippen molar-refractivity contribution in [3.05, 3.63) is 58.8 Å². The van der Waals surface area contributed by atoms with Crippen LogP contribution in [-0.2, 0) is 4.79 Å². The molecule has 0 saturated carbocycles. The minimum absolute atomic E-state index is 0.0535. The largest absolute Gasteiger partial charge is 0.459 e. The first kappa shape index (κ1) is 19.9. The number of rotatable bonds is 4. The number of furan rings is 1. The van der Waals surface area contributed by atoms with E-state index in [1.54, 1.807) is 22.8 Å². The van der Waals surface area contributed by atoms with E-state index in [0.29, 0.717) is 26.2 Å². The third-order valence-corrected chi connectivity index (χ3v) is 4.82. The number of hydrogen-bond donors (Lipinski definition) is 1. The molecule has 9 heteroatoms. The van der Waals surface area contributed by atoms with Gasteiger partial charge in [-0.15, -0.1) is 0 Å². The van der Waals surface area contributed by atoms with E-state index in [4.69, 9.17) is 16.0 Å². The van der Waals surface area contributed by atoms with Crippen molar-refractivity contribution >= 4 is 29.3 Å². The van der Waals surface area contributed by atoms with Gasteiger partial charge in [0.1, 0.15) is 11.9 Å². The van der Waals surface area contributed by atoms with Crippen molar-refractivity contribution in [1.82, 2.24) is 15.1 Å². The zero-order chi connectivity index (χ0) is 20.3. The molecule has 1 aliphatic heterocycles. The summed E-state index contributed by atoms with van der Waals surface area (Å²) in [4.78, 5) is 40.3. The monoisotopic (exact) mass is 407 g/mol. The van der Waals surface area contributed by atoms with E-state index in [9.17, 15) is 18.8 Å². The van der Waals surface area contributed by atoms with Gasteiger partial charge in [-0.25, -0.2) is 4.39 Å². The van der Waals surface area contributed by atoms with Crippen molar-refractivity contribution in [3.8, 4) is 0 Å². The van der Waals surface area contributed by atoms with E-state index in [-0.39, 0.29) is 28.2 Å². The van der Waals surface area contributed by atoms with Crippen LogP contribution >= 0.6 is 11.6 Å².